The van der Waals surface area contributed by atoms with Gasteiger partial charge in [-0.15, -0.1) is 0 Å². The van der Waals surface area contributed by atoms with Crippen molar-refractivity contribution >= 4 is 5.97 Å². The molecule has 1 aromatic heterocycles. The molecule has 5 heteroatoms. The lowest BCUT2D eigenvalue weighted by Gasteiger charge is -2.00. The summed E-state index contributed by atoms with van der Waals surface area (Å²) in [5.74, 6) is -0.779. The molecule has 2 rings (SSSR count). The summed E-state index contributed by atoms with van der Waals surface area (Å²) in [6.07, 6.45) is 0. The predicted molar refractivity (Wildman–Crippen MR) is 68.6 cm³/mol. The maximum atomic E-state index is 11.6. The lowest BCUT2D eigenvalue weighted by atomic mass is 10.1. The van der Waals surface area contributed by atoms with Gasteiger partial charge in [0.05, 0.1) is 18.2 Å². The summed E-state index contributed by atoms with van der Waals surface area (Å²) in [4.78, 5) is 14.4. The fraction of sp³-hybridized carbons (Fsp3) is 0.143. The highest BCUT2D eigenvalue weighted by Gasteiger charge is 2.16. The number of aromatic nitrogens is 1. The van der Waals surface area contributed by atoms with E-state index in [-0.39, 0.29) is 18.1 Å². The third-order valence-electron chi connectivity index (χ3n) is 2.58. The lowest BCUT2D eigenvalue weighted by molar-refractivity contribution is 0.0517. The molecule has 0 aliphatic carbocycles. The Kier molecular flexibility index (Phi) is 3.53. The van der Waals surface area contributed by atoms with Crippen molar-refractivity contribution in [3.63, 3.8) is 0 Å². The van der Waals surface area contributed by atoms with Crippen LogP contribution in [0.15, 0.2) is 30.3 Å². The molecular weight excluding hydrogens is 244 g/mol. The van der Waals surface area contributed by atoms with Crippen molar-refractivity contribution in [3.8, 4) is 23.1 Å². The van der Waals surface area contributed by atoms with E-state index < -0.39 is 5.97 Å². The smallest absolute Gasteiger partial charge is 0.358 e. The first-order valence-corrected chi connectivity index (χ1v) is 5.75. The summed E-state index contributed by atoms with van der Waals surface area (Å²) in [5.41, 5.74) is 1.78. The fourth-order valence-electron chi connectivity index (χ4n) is 1.71. The molecular formula is C14H12N2O3. The topological polar surface area (TPSA) is 86.1 Å². The van der Waals surface area contributed by atoms with Crippen LogP contribution in [0.3, 0.4) is 0 Å². The standard InChI is InChI=1S/C14H12N2O3/c1-2-19-14(18)13-12(17)7-11(16-13)10-5-3-4-9(6-10)8-15/h3-7,16-17H,2H2,1H3. The largest absolute Gasteiger partial charge is 0.505 e. The van der Waals surface area contributed by atoms with Crippen LogP contribution in [0.4, 0.5) is 0 Å². The minimum atomic E-state index is -0.609. The molecule has 1 aromatic carbocycles. The van der Waals surface area contributed by atoms with E-state index in [4.69, 9.17) is 10.00 Å². The first-order valence-electron chi connectivity index (χ1n) is 5.75. The van der Waals surface area contributed by atoms with Crippen LogP contribution in [0.1, 0.15) is 23.0 Å². The molecule has 2 N–H and O–H groups in total. The molecule has 5 nitrogen and oxygen atoms in total. The molecule has 0 aliphatic rings. The van der Waals surface area contributed by atoms with Gasteiger partial charge in [0.2, 0.25) is 0 Å². The third-order valence-corrected chi connectivity index (χ3v) is 2.58. The van der Waals surface area contributed by atoms with Gasteiger partial charge in [-0.05, 0) is 24.6 Å². The van der Waals surface area contributed by atoms with Gasteiger partial charge in [-0.2, -0.15) is 5.26 Å². The summed E-state index contributed by atoms with van der Waals surface area (Å²) in [6, 6.07) is 10.3. The molecule has 0 atom stereocenters. The van der Waals surface area contributed by atoms with Crippen molar-refractivity contribution in [2.24, 2.45) is 0 Å². The van der Waals surface area contributed by atoms with E-state index in [2.05, 4.69) is 4.98 Å². The van der Waals surface area contributed by atoms with E-state index in [1.807, 2.05) is 6.07 Å². The molecule has 0 saturated carbocycles. The maximum Gasteiger partial charge on any atom is 0.358 e. The molecule has 1 heterocycles. The Balaban J connectivity index is 2.39. The Morgan fingerprint density at radius 1 is 1.47 bits per heavy atom. The van der Waals surface area contributed by atoms with E-state index in [0.29, 0.717) is 16.8 Å². The molecule has 0 saturated heterocycles. The zero-order valence-corrected chi connectivity index (χ0v) is 10.3. The predicted octanol–water partition coefficient (Wildman–Crippen LogP) is 2.44. The SMILES string of the molecule is CCOC(=O)c1[nH]c(-c2cccc(C#N)c2)cc1O. The zero-order valence-electron chi connectivity index (χ0n) is 10.3. The van der Waals surface area contributed by atoms with E-state index >= 15 is 0 Å². The molecule has 0 bridgehead atoms. The van der Waals surface area contributed by atoms with Crippen LogP contribution in [0.5, 0.6) is 5.75 Å². The first kappa shape index (κ1) is 12.7. The van der Waals surface area contributed by atoms with Gasteiger partial charge in [-0.1, -0.05) is 12.1 Å². The molecule has 0 radical (unpaired) electrons. The molecule has 0 spiro atoms. The van der Waals surface area contributed by atoms with Crippen LogP contribution < -0.4 is 0 Å². The van der Waals surface area contributed by atoms with Crippen LogP contribution in [0.25, 0.3) is 11.3 Å². The number of aromatic amines is 1. The van der Waals surface area contributed by atoms with Gasteiger partial charge in [0.15, 0.2) is 5.69 Å². The second-order valence-corrected chi connectivity index (χ2v) is 3.86. The summed E-state index contributed by atoms with van der Waals surface area (Å²) in [7, 11) is 0. The van der Waals surface area contributed by atoms with Gasteiger partial charge in [-0.25, -0.2) is 4.79 Å². The number of esters is 1. The summed E-state index contributed by atoms with van der Waals surface area (Å²) < 4.78 is 4.82. The molecule has 0 unspecified atom stereocenters. The fourth-order valence-corrected chi connectivity index (χ4v) is 1.71. The molecule has 0 amide bonds. The number of carbonyl (C=O) groups is 1. The highest BCUT2D eigenvalue weighted by atomic mass is 16.5. The number of nitrogens with zero attached hydrogens (tertiary/aromatic N) is 1. The zero-order chi connectivity index (χ0) is 13.8. The highest BCUT2D eigenvalue weighted by Crippen LogP contribution is 2.27. The Morgan fingerprint density at radius 2 is 2.26 bits per heavy atom. The number of ether oxygens (including phenoxy) is 1. The number of benzene rings is 1. The number of hydrogen-bond donors (Lipinski definition) is 2. The van der Waals surface area contributed by atoms with Crippen molar-refractivity contribution in [2.75, 3.05) is 6.61 Å². The van der Waals surface area contributed by atoms with Gasteiger partial charge in [0.25, 0.3) is 0 Å². The van der Waals surface area contributed by atoms with Crippen LogP contribution in [-0.2, 0) is 4.74 Å². The molecule has 96 valence electrons. The third kappa shape index (κ3) is 2.58. The second kappa shape index (κ2) is 5.27. The van der Waals surface area contributed by atoms with Crippen molar-refractivity contribution < 1.29 is 14.6 Å². The minimum absolute atomic E-state index is 0.0132. The average Bonchev–Trinajstić information content (AvgIpc) is 2.81. The molecule has 0 fully saturated rings. The molecule has 2 aromatic rings. The summed E-state index contributed by atoms with van der Waals surface area (Å²) in [6.45, 7) is 1.92. The second-order valence-electron chi connectivity index (χ2n) is 3.86. The number of carbonyl (C=O) groups excluding carboxylic acids is 1. The quantitative estimate of drug-likeness (QED) is 0.826. The Labute approximate surface area is 110 Å². The Morgan fingerprint density at radius 3 is 2.95 bits per heavy atom. The number of rotatable bonds is 3. The van der Waals surface area contributed by atoms with Crippen molar-refractivity contribution in [2.45, 2.75) is 6.92 Å². The van der Waals surface area contributed by atoms with Gasteiger partial charge in [-0.3, -0.25) is 0 Å². The van der Waals surface area contributed by atoms with Gasteiger partial charge < -0.3 is 14.8 Å². The highest BCUT2D eigenvalue weighted by molar-refractivity contribution is 5.92. The van der Waals surface area contributed by atoms with Crippen molar-refractivity contribution in [3.05, 3.63) is 41.6 Å². The first-order chi connectivity index (χ1) is 9.15. The van der Waals surface area contributed by atoms with E-state index in [9.17, 15) is 9.90 Å². The maximum absolute atomic E-state index is 11.6. The van der Waals surface area contributed by atoms with Crippen LogP contribution in [0, 0.1) is 11.3 Å². The average molecular weight is 256 g/mol. The number of hydrogen-bond acceptors (Lipinski definition) is 4. The molecule has 19 heavy (non-hydrogen) atoms. The van der Waals surface area contributed by atoms with Crippen LogP contribution in [-0.4, -0.2) is 22.7 Å². The minimum Gasteiger partial charge on any atom is -0.505 e. The number of aromatic hydroxyl groups is 1. The van der Waals surface area contributed by atoms with Gasteiger partial charge >= 0.3 is 5.97 Å². The van der Waals surface area contributed by atoms with Gasteiger partial charge in [0, 0.05) is 11.8 Å². The number of nitriles is 1. The van der Waals surface area contributed by atoms with E-state index in [1.165, 1.54) is 6.07 Å². The van der Waals surface area contributed by atoms with E-state index in [1.54, 1.807) is 31.2 Å². The number of nitrogens with one attached hydrogen (secondary N) is 1. The summed E-state index contributed by atoms with van der Waals surface area (Å²) >= 11 is 0. The Bertz CT molecular complexity index is 653. The van der Waals surface area contributed by atoms with Crippen molar-refractivity contribution in [1.29, 1.82) is 5.26 Å². The monoisotopic (exact) mass is 256 g/mol. The van der Waals surface area contributed by atoms with Gasteiger partial charge in [0.1, 0.15) is 5.75 Å². The lowest BCUT2D eigenvalue weighted by Crippen LogP contribution is -2.05. The number of H-pyrrole nitrogens is 1. The normalized spacial score (nSPS) is 9.89. The molecule has 0 aliphatic heterocycles. The van der Waals surface area contributed by atoms with Crippen LogP contribution >= 0.6 is 0 Å². The van der Waals surface area contributed by atoms with E-state index in [0.717, 1.165) is 0 Å². The van der Waals surface area contributed by atoms with Crippen molar-refractivity contribution in [1.82, 2.24) is 4.98 Å². The van der Waals surface area contributed by atoms with Crippen LogP contribution in [0.2, 0.25) is 0 Å². The summed E-state index contributed by atoms with van der Waals surface area (Å²) in [5, 5.41) is 18.6. The Hall–Kier alpha value is -2.74.